The highest BCUT2D eigenvalue weighted by Crippen LogP contribution is 2.37. The largest absolute Gasteiger partial charge is 0.481 e. The number of carboxylic acid groups (broad SMARTS) is 1. The Balaban J connectivity index is 1.63. The second-order valence-electron chi connectivity index (χ2n) is 6.03. The molecular weight excluding hydrogens is 292 g/mol. The van der Waals surface area contributed by atoms with E-state index in [0.717, 1.165) is 25.7 Å². The number of nitrogens with zero attached hydrogens (tertiary/aromatic N) is 1. The zero-order chi connectivity index (χ0) is 15.0. The highest BCUT2D eigenvalue weighted by atomic mass is 35.5. The Labute approximate surface area is 128 Å². The summed E-state index contributed by atoms with van der Waals surface area (Å²) in [7, 11) is 0. The number of hydrogen-bond donors (Lipinski definition) is 2. The third kappa shape index (κ3) is 3.07. The molecule has 1 aromatic heterocycles. The zero-order valence-corrected chi connectivity index (χ0v) is 12.5. The molecule has 1 aromatic rings. The van der Waals surface area contributed by atoms with Crippen LogP contribution < -0.4 is 5.32 Å². The van der Waals surface area contributed by atoms with Crippen molar-refractivity contribution < 1.29 is 14.7 Å². The fraction of sp³-hybridized carbons (Fsp3) is 0.600. The van der Waals surface area contributed by atoms with E-state index in [-0.39, 0.29) is 17.7 Å². The Bertz CT molecular complexity index is 565. The first kappa shape index (κ1) is 14.4. The van der Waals surface area contributed by atoms with Crippen molar-refractivity contribution in [3.8, 4) is 0 Å². The van der Waals surface area contributed by atoms with Crippen LogP contribution in [-0.2, 0) is 4.79 Å². The van der Waals surface area contributed by atoms with Crippen molar-refractivity contribution in [2.24, 2.45) is 11.8 Å². The molecule has 2 unspecified atom stereocenters. The Hall–Kier alpha value is -1.49. The van der Waals surface area contributed by atoms with Gasteiger partial charge in [-0.3, -0.25) is 9.59 Å². The van der Waals surface area contributed by atoms with E-state index < -0.39 is 5.97 Å². The molecule has 2 aliphatic rings. The number of halogens is 1. The Morgan fingerprint density at radius 2 is 2.10 bits per heavy atom. The molecule has 3 rings (SSSR count). The van der Waals surface area contributed by atoms with Crippen molar-refractivity contribution in [2.75, 3.05) is 6.54 Å². The van der Waals surface area contributed by atoms with Crippen molar-refractivity contribution in [3.63, 3.8) is 0 Å². The summed E-state index contributed by atoms with van der Waals surface area (Å²) in [5.41, 5.74) is 0.576. The molecule has 5 nitrogen and oxygen atoms in total. The fourth-order valence-electron chi connectivity index (χ4n) is 3.20. The van der Waals surface area contributed by atoms with Gasteiger partial charge >= 0.3 is 5.97 Å². The zero-order valence-electron chi connectivity index (χ0n) is 11.7. The average molecular weight is 311 g/mol. The number of carbonyl (C=O) groups is 2. The number of hydrogen-bond acceptors (Lipinski definition) is 2. The van der Waals surface area contributed by atoms with Gasteiger partial charge in [-0.2, -0.15) is 0 Å². The molecule has 1 amide bonds. The van der Waals surface area contributed by atoms with Gasteiger partial charge in [0.05, 0.1) is 10.9 Å². The van der Waals surface area contributed by atoms with E-state index in [1.165, 1.54) is 0 Å². The quantitative estimate of drug-likeness (QED) is 0.878. The third-order valence-electron chi connectivity index (χ3n) is 4.49. The minimum Gasteiger partial charge on any atom is -0.481 e. The van der Waals surface area contributed by atoms with Gasteiger partial charge in [0.2, 0.25) is 0 Å². The second-order valence-corrected chi connectivity index (χ2v) is 6.46. The van der Waals surface area contributed by atoms with E-state index in [2.05, 4.69) is 5.32 Å². The van der Waals surface area contributed by atoms with E-state index in [4.69, 9.17) is 16.7 Å². The lowest BCUT2D eigenvalue weighted by molar-refractivity contribution is -0.142. The molecule has 6 heteroatoms. The molecule has 2 atom stereocenters. The summed E-state index contributed by atoms with van der Waals surface area (Å²) in [5, 5.41) is 12.6. The molecular formula is C15H19ClN2O3. The molecule has 0 saturated heterocycles. The number of rotatable bonds is 5. The normalized spacial score (nSPS) is 25.0. The van der Waals surface area contributed by atoms with Crippen LogP contribution in [0.15, 0.2) is 12.3 Å². The van der Waals surface area contributed by atoms with Crippen LogP contribution in [0.4, 0.5) is 0 Å². The van der Waals surface area contributed by atoms with E-state index in [9.17, 15) is 9.59 Å². The number of nitrogens with one attached hydrogen (secondary N) is 1. The van der Waals surface area contributed by atoms with Crippen molar-refractivity contribution in [1.82, 2.24) is 9.88 Å². The Kier molecular flexibility index (Phi) is 3.93. The topological polar surface area (TPSA) is 71.3 Å². The van der Waals surface area contributed by atoms with E-state index in [1.807, 2.05) is 4.57 Å². The molecule has 2 N–H and O–H groups in total. The standard InChI is InChI=1S/C15H19ClN2O3/c16-10-6-13(18(8-10)11-4-5-11)14(19)17-7-9-2-1-3-12(9)15(20)21/h6,8-9,11-12H,1-5,7H2,(H,17,19)(H,20,21). The molecule has 2 aliphatic carbocycles. The first-order chi connectivity index (χ1) is 10.1. The molecule has 1 heterocycles. The molecule has 2 fully saturated rings. The predicted molar refractivity (Wildman–Crippen MR) is 78.5 cm³/mol. The summed E-state index contributed by atoms with van der Waals surface area (Å²) in [5.74, 6) is -1.21. The summed E-state index contributed by atoms with van der Waals surface area (Å²) in [6.45, 7) is 0.420. The van der Waals surface area contributed by atoms with Crippen LogP contribution in [0.2, 0.25) is 5.02 Å². The maximum absolute atomic E-state index is 12.3. The van der Waals surface area contributed by atoms with Crippen LogP contribution in [0.5, 0.6) is 0 Å². The van der Waals surface area contributed by atoms with Gasteiger partial charge in [-0.25, -0.2) is 0 Å². The number of aliphatic carboxylic acids is 1. The van der Waals surface area contributed by atoms with Gasteiger partial charge in [-0.15, -0.1) is 0 Å². The van der Waals surface area contributed by atoms with Crippen LogP contribution >= 0.6 is 11.6 Å². The van der Waals surface area contributed by atoms with Gasteiger partial charge in [-0.1, -0.05) is 18.0 Å². The molecule has 2 saturated carbocycles. The van der Waals surface area contributed by atoms with Crippen LogP contribution in [0.25, 0.3) is 0 Å². The lowest BCUT2D eigenvalue weighted by Gasteiger charge is -2.16. The minimum atomic E-state index is -0.754. The van der Waals surface area contributed by atoms with Crippen molar-refractivity contribution in [1.29, 1.82) is 0 Å². The second kappa shape index (κ2) is 5.72. The molecule has 0 spiro atoms. The lowest BCUT2D eigenvalue weighted by atomic mass is 9.96. The van der Waals surface area contributed by atoms with Gasteiger partial charge in [0, 0.05) is 18.8 Å². The highest BCUT2D eigenvalue weighted by molar-refractivity contribution is 6.31. The summed E-state index contributed by atoms with van der Waals surface area (Å²) >= 11 is 5.99. The number of aromatic nitrogens is 1. The van der Waals surface area contributed by atoms with Crippen LogP contribution in [0, 0.1) is 11.8 Å². The maximum atomic E-state index is 12.3. The summed E-state index contributed by atoms with van der Waals surface area (Å²) in [6.07, 6.45) is 6.44. The summed E-state index contributed by atoms with van der Waals surface area (Å²) in [4.78, 5) is 23.5. The molecule has 21 heavy (non-hydrogen) atoms. The van der Waals surface area contributed by atoms with E-state index >= 15 is 0 Å². The van der Waals surface area contributed by atoms with Crippen LogP contribution in [-0.4, -0.2) is 28.1 Å². The lowest BCUT2D eigenvalue weighted by Crippen LogP contribution is -2.33. The van der Waals surface area contributed by atoms with E-state index in [0.29, 0.717) is 29.7 Å². The fourth-order valence-corrected chi connectivity index (χ4v) is 3.41. The number of carbonyl (C=O) groups excluding carboxylic acids is 1. The summed E-state index contributed by atoms with van der Waals surface area (Å²) in [6, 6.07) is 2.06. The van der Waals surface area contributed by atoms with Gasteiger partial charge in [0.15, 0.2) is 0 Å². The summed E-state index contributed by atoms with van der Waals surface area (Å²) < 4.78 is 1.93. The Morgan fingerprint density at radius 3 is 2.76 bits per heavy atom. The smallest absolute Gasteiger partial charge is 0.306 e. The average Bonchev–Trinajstić information content (AvgIpc) is 3.04. The molecule has 114 valence electrons. The van der Waals surface area contributed by atoms with Crippen molar-refractivity contribution in [2.45, 2.75) is 38.1 Å². The number of carboxylic acids is 1. The SMILES string of the molecule is O=C(NCC1CCCC1C(=O)O)c1cc(Cl)cn1C1CC1. The van der Waals surface area contributed by atoms with Crippen LogP contribution in [0.3, 0.4) is 0 Å². The molecule has 0 bridgehead atoms. The van der Waals surface area contributed by atoms with E-state index in [1.54, 1.807) is 12.3 Å². The predicted octanol–water partition coefficient (Wildman–Crippen LogP) is 2.71. The first-order valence-corrected chi connectivity index (χ1v) is 7.82. The maximum Gasteiger partial charge on any atom is 0.306 e. The van der Waals surface area contributed by atoms with Crippen molar-refractivity contribution >= 4 is 23.5 Å². The molecule has 0 aromatic carbocycles. The third-order valence-corrected chi connectivity index (χ3v) is 4.70. The minimum absolute atomic E-state index is 0.0336. The molecule has 0 radical (unpaired) electrons. The molecule has 0 aliphatic heterocycles. The number of amides is 1. The van der Waals surface area contributed by atoms with Gasteiger partial charge in [-0.05, 0) is 37.7 Å². The Morgan fingerprint density at radius 1 is 1.33 bits per heavy atom. The first-order valence-electron chi connectivity index (χ1n) is 7.44. The monoisotopic (exact) mass is 310 g/mol. The van der Waals surface area contributed by atoms with Gasteiger partial charge < -0.3 is 15.0 Å². The van der Waals surface area contributed by atoms with Crippen molar-refractivity contribution in [3.05, 3.63) is 23.0 Å². The van der Waals surface area contributed by atoms with Gasteiger partial charge in [0.25, 0.3) is 5.91 Å². The van der Waals surface area contributed by atoms with Crippen LogP contribution in [0.1, 0.15) is 48.6 Å². The van der Waals surface area contributed by atoms with Gasteiger partial charge in [0.1, 0.15) is 5.69 Å². The highest BCUT2D eigenvalue weighted by Gasteiger charge is 2.33.